The van der Waals surface area contributed by atoms with E-state index in [1.54, 1.807) is 0 Å². The van der Waals surface area contributed by atoms with Gasteiger partial charge in [0.1, 0.15) is 10.9 Å². The molecule has 2 aromatic heterocycles. The topological polar surface area (TPSA) is 64.1 Å². The quantitative estimate of drug-likeness (QED) is 0.592. The van der Waals surface area contributed by atoms with E-state index in [1.807, 2.05) is 0 Å². The number of pyridine rings is 2. The lowest BCUT2D eigenvalue weighted by Crippen LogP contribution is -2.19. The minimum absolute atomic E-state index is 0.0373. The van der Waals surface area contributed by atoms with Crippen molar-refractivity contribution < 1.29 is 22.7 Å². The Kier molecular flexibility index (Phi) is 5.51. The molecule has 5 nitrogen and oxygen atoms in total. The molecule has 1 amide bonds. The predicted octanol–water partition coefficient (Wildman–Crippen LogP) is 5.18. The minimum Gasteiger partial charge on any atom is -0.433 e. The molecule has 28 heavy (non-hydrogen) atoms. The fraction of sp³-hybridized carbons (Fsp3) is 0.105. The van der Waals surface area contributed by atoms with E-state index in [-0.39, 0.29) is 16.5 Å². The Labute approximate surface area is 163 Å². The predicted molar refractivity (Wildman–Crippen MR) is 98.1 cm³/mol. The maximum absolute atomic E-state index is 13.0. The van der Waals surface area contributed by atoms with Gasteiger partial charge in [0.05, 0.1) is 5.56 Å². The average Bonchev–Trinajstić information content (AvgIpc) is 2.63. The van der Waals surface area contributed by atoms with E-state index in [9.17, 15) is 18.0 Å². The van der Waals surface area contributed by atoms with Crippen LogP contribution in [0.1, 0.15) is 17.3 Å². The monoisotopic (exact) mass is 407 g/mol. The Bertz CT molecular complexity index is 991. The van der Waals surface area contributed by atoms with Crippen molar-refractivity contribution in [2.45, 2.75) is 13.0 Å². The van der Waals surface area contributed by atoms with Gasteiger partial charge in [0.25, 0.3) is 5.91 Å². The lowest BCUT2D eigenvalue weighted by atomic mass is 10.1. The van der Waals surface area contributed by atoms with Crippen LogP contribution in [-0.2, 0) is 0 Å². The van der Waals surface area contributed by atoms with E-state index in [4.69, 9.17) is 11.6 Å². The molecule has 0 atom stereocenters. The lowest BCUT2D eigenvalue weighted by molar-refractivity contribution is -0.158. The summed E-state index contributed by atoms with van der Waals surface area (Å²) in [6.07, 6.45) is -0.735. The van der Waals surface area contributed by atoms with Gasteiger partial charge >= 0.3 is 6.11 Å². The molecular weight excluding hydrogens is 395 g/mol. The molecule has 9 heteroatoms. The maximum Gasteiger partial charge on any atom is 0.394 e. The van der Waals surface area contributed by atoms with E-state index in [0.717, 1.165) is 0 Å². The van der Waals surface area contributed by atoms with Crippen molar-refractivity contribution in [2.24, 2.45) is 0 Å². The molecule has 0 fully saturated rings. The molecule has 0 bridgehead atoms. The number of alkyl halides is 2. The van der Waals surface area contributed by atoms with Crippen LogP contribution in [0.4, 0.5) is 18.9 Å². The zero-order valence-corrected chi connectivity index (χ0v) is 15.2. The van der Waals surface area contributed by atoms with Gasteiger partial charge in [-0.15, -0.1) is 0 Å². The molecule has 3 aromatic rings. The van der Waals surface area contributed by atoms with Gasteiger partial charge in [-0.2, -0.15) is 13.2 Å². The summed E-state index contributed by atoms with van der Waals surface area (Å²) in [6.45, 7) is 0.629. The molecule has 0 unspecified atom stereocenters. The Morgan fingerprint density at radius 1 is 1.11 bits per heavy atom. The number of ether oxygens (including phenoxy) is 1. The fourth-order valence-electron chi connectivity index (χ4n) is 2.33. The molecule has 1 N–H and O–H groups in total. The summed E-state index contributed by atoms with van der Waals surface area (Å²) in [4.78, 5) is 20.0. The second kappa shape index (κ2) is 7.85. The van der Waals surface area contributed by atoms with Crippen molar-refractivity contribution in [1.82, 2.24) is 9.97 Å². The van der Waals surface area contributed by atoms with Gasteiger partial charge in [-0.25, -0.2) is 9.97 Å². The highest BCUT2D eigenvalue weighted by atomic mass is 35.5. The first-order chi connectivity index (χ1) is 13.2. The summed E-state index contributed by atoms with van der Waals surface area (Å²) in [5.74, 6) is -1.17. The number of carbonyl (C=O) groups excluding carboxylic acids is 1. The van der Waals surface area contributed by atoms with E-state index in [0.29, 0.717) is 23.7 Å². The van der Waals surface area contributed by atoms with Crippen LogP contribution < -0.4 is 10.1 Å². The van der Waals surface area contributed by atoms with Crippen LogP contribution in [0.3, 0.4) is 0 Å². The number of benzene rings is 1. The number of hydrogen-bond acceptors (Lipinski definition) is 4. The van der Waals surface area contributed by atoms with E-state index in [2.05, 4.69) is 20.0 Å². The van der Waals surface area contributed by atoms with E-state index < -0.39 is 18.0 Å². The second-order valence-electron chi connectivity index (χ2n) is 5.82. The highest BCUT2D eigenvalue weighted by Crippen LogP contribution is 2.27. The maximum atomic E-state index is 13.0. The number of nitrogens with zero attached hydrogens (tertiary/aromatic N) is 2. The third-order valence-corrected chi connectivity index (χ3v) is 3.85. The first kappa shape index (κ1) is 19.6. The van der Waals surface area contributed by atoms with Crippen LogP contribution in [0, 0.1) is 5.95 Å². The van der Waals surface area contributed by atoms with Crippen LogP contribution in [0.25, 0.3) is 11.1 Å². The fourth-order valence-corrected chi connectivity index (χ4v) is 2.54. The number of halogens is 4. The van der Waals surface area contributed by atoms with Gasteiger partial charge in [0, 0.05) is 36.1 Å². The molecule has 0 saturated carbocycles. The molecule has 144 valence electrons. The molecule has 0 spiro atoms. The zero-order chi connectivity index (χ0) is 20.3. The third kappa shape index (κ3) is 4.98. The summed E-state index contributed by atoms with van der Waals surface area (Å²) >= 11 is 6.07. The van der Waals surface area contributed by atoms with E-state index in [1.165, 1.54) is 54.9 Å². The van der Waals surface area contributed by atoms with Crippen molar-refractivity contribution in [3.8, 4) is 16.9 Å². The number of rotatable bonds is 5. The van der Waals surface area contributed by atoms with Gasteiger partial charge in [0.2, 0.25) is 5.95 Å². The van der Waals surface area contributed by atoms with Crippen molar-refractivity contribution in [3.63, 3.8) is 0 Å². The Balaban J connectivity index is 1.77. The lowest BCUT2D eigenvalue weighted by Gasteiger charge is -2.13. The Hall–Kier alpha value is -3.13. The Morgan fingerprint density at radius 2 is 1.82 bits per heavy atom. The largest absolute Gasteiger partial charge is 0.433 e. The number of nitrogens with one attached hydrogen (secondary N) is 1. The summed E-state index contributed by atoms with van der Waals surface area (Å²) < 4.78 is 43.1. The summed E-state index contributed by atoms with van der Waals surface area (Å²) in [6, 6.07) is 9.59. The SMILES string of the molecule is CC(F)(F)Oc1ccc(NC(=O)c2cnc(Cl)c(-c3ccc(F)nc3)c2)cc1. The molecule has 0 saturated heterocycles. The Morgan fingerprint density at radius 3 is 2.43 bits per heavy atom. The molecule has 3 rings (SSSR count). The summed E-state index contributed by atoms with van der Waals surface area (Å²) in [7, 11) is 0. The van der Waals surface area contributed by atoms with Crippen molar-refractivity contribution >= 4 is 23.2 Å². The van der Waals surface area contributed by atoms with E-state index >= 15 is 0 Å². The van der Waals surface area contributed by atoms with Crippen LogP contribution in [-0.4, -0.2) is 22.0 Å². The van der Waals surface area contributed by atoms with Crippen LogP contribution in [0.2, 0.25) is 5.15 Å². The highest BCUT2D eigenvalue weighted by molar-refractivity contribution is 6.32. The molecular formula is C19H13ClF3N3O2. The zero-order valence-electron chi connectivity index (χ0n) is 14.4. The first-order valence-corrected chi connectivity index (χ1v) is 8.35. The van der Waals surface area contributed by atoms with Gasteiger partial charge in [-0.1, -0.05) is 11.6 Å². The molecule has 0 aliphatic rings. The average molecular weight is 408 g/mol. The first-order valence-electron chi connectivity index (χ1n) is 7.97. The molecule has 0 aliphatic carbocycles. The minimum atomic E-state index is -3.30. The number of hydrogen-bond donors (Lipinski definition) is 1. The second-order valence-corrected chi connectivity index (χ2v) is 6.18. The van der Waals surface area contributed by atoms with Gasteiger partial charge < -0.3 is 10.1 Å². The van der Waals surface area contributed by atoms with Crippen LogP contribution in [0.15, 0.2) is 54.9 Å². The van der Waals surface area contributed by atoms with Crippen molar-refractivity contribution in [3.05, 3.63) is 71.5 Å². The van der Waals surface area contributed by atoms with Crippen LogP contribution in [0.5, 0.6) is 5.75 Å². The molecule has 0 radical (unpaired) electrons. The molecule has 0 aliphatic heterocycles. The number of carbonyl (C=O) groups is 1. The third-order valence-electron chi connectivity index (χ3n) is 3.55. The normalized spacial score (nSPS) is 11.2. The number of aromatic nitrogens is 2. The van der Waals surface area contributed by atoms with Gasteiger partial charge in [-0.05, 0) is 42.5 Å². The molecule has 1 aromatic carbocycles. The van der Waals surface area contributed by atoms with Crippen LogP contribution >= 0.6 is 11.6 Å². The highest BCUT2D eigenvalue weighted by Gasteiger charge is 2.23. The van der Waals surface area contributed by atoms with Gasteiger partial charge in [0.15, 0.2) is 0 Å². The van der Waals surface area contributed by atoms with Gasteiger partial charge in [-0.3, -0.25) is 4.79 Å². The number of amides is 1. The standard InChI is InChI=1S/C19H13ClF3N3O2/c1-19(22,23)28-14-5-3-13(4-6-14)26-18(27)12-8-15(17(20)25-10-12)11-2-7-16(21)24-9-11/h2-10H,1H3,(H,26,27). The summed E-state index contributed by atoms with van der Waals surface area (Å²) in [5.41, 5.74) is 1.48. The smallest absolute Gasteiger partial charge is 0.394 e. The summed E-state index contributed by atoms with van der Waals surface area (Å²) in [5, 5.41) is 2.75. The number of anilines is 1. The molecule has 2 heterocycles. The van der Waals surface area contributed by atoms with Crippen molar-refractivity contribution in [1.29, 1.82) is 0 Å². The van der Waals surface area contributed by atoms with Crippen molar-refractivity contribution in [2.75, 3.05) is 5.32 Å².